The van der Waals surface area contributed by atoms with Gasteiger partial charge in [-0.2, -0.15) is 5.26 Å². The molecule has 0 spiro atoms. The van der Waals surface area contributed by atoms with Gasteiger partial charge >= 0.3 is 5.97 Å². The second-order valence-corrected chi connectivity index (χ2v) is 4.04. The smallest absolute Gasteiger partial charge is 0.337 e. The molecule has 5 nitrogen and oxygen atoms in total. The van der Waals surface area contributed by atoms with E-state index >= 15 is 0 Å². The normalized spacial score (nSPS) is 9.95. The van der Waals surface area contributed by atoms with Gasteiger partial charge in [0.15, 0.2) is 0 Å². The van der Waals surface area contributed by atoms with Crippen LogP contribution in [0.3, 0.4) is 0 Å². The number of benzene rings is 1. The number of nitrogens with zero attached hydrogens (tertiary/aromatic N) is 1. The highest BCUT2D eigenvalue weighted by molar-refractivity contribution is 5.97. The summed E-state index contributed by atoms with van der Waals surface area (Å²) in [5, 5.41) is 18.4. The predicted octanol–water partition coefficient (Wildman–Crippen LogP) is 2.57. The van der Waals surface area contributed by atoms with Gasteiger partial charge in [0, 0.05) is 5.69 Å². The van der Waals surface area contributed by atoms with Crippen molar-refractivity contribution in [2.45, 2.75) is 6.92 Å². The molecule has 1 heterocycles. The zero-order valence-corrected chi connectivity index (χ0v) is 10.5. The Balaban J connectivity index is 2.78. The van der Waals surface area contributed by atoms with Crippen LogP contribution in [0.15, 0.2) is 24.3 Å². The first-order chi connectivity index (χ1) is 9.08. The number of nitrogens with one attached hydrogen (secondary N) is 1. The van der Waals surface area contributed by atoms with Crippen LogP contribution in [0.25, 0.3) is 11.3 Å². The van der Waals surface area contributed by atoms with Crippen LogP contribution in [0.4, 0.5) is 0 Å². The van der Waals surface area contributed by atoms with Crippen molar-refractivity contribution in [3.63, 3.8) is 0 Å². The van der Waals surface area contributed by atoms with Crippen LogP contribution in [0.1, 0.15) is 21.6 Å². The van der Waals surface area contributed by atoms with Crippen molar-refractivity contribution in [2.75, 3.05) is 7.11 Å². The molecule has 2 aromatic rings. The first-order valence-electron chi connectivity index (χ1n) is 5.59. The van der Waals surface area contributed by atoms with E-state index in [2.05, 4.69) is 11.1 Å². The quantitative estimate of drug-likeness (QED) is 0.883. The number of ether oxygens (including phenoxy) is 1. The van der Waals surface area contributed by atoms with E-state index in [9.17, 15) is 9.90 Å². The summed E-state index contributed by atoms with van der Waals surface area (Å²) in [4.78, 5) is 14.2. The number of hydrogen-bond acceptors (Lipinski definition) is 3. The number of aryl methyl sites for hydroxylation is 1. The van der Waals surface area contributed by atoms with Crippen molar-refractivity contribution >= 4 is 5.97 Å². The van der Waals surface area contributed by atoms with Gasteiger partial charge in [0.05, 0.1) is 35.6 Å². The number of carboxylic acid groups (broad SMARTS) is 1. The minimum absolute atomic E-state index is 0.124. The lowest BCUT2D eigenvalue weighted by Gasteiger charge is -2.09. The summed E-state index contributed by atoms with van der Waals surface area (Å²) in [5.41, 5.74) is 2.06. The van der Waals surface area contributed by atoms with Gasteiger partial charge in [0.1, 0.15) is 5.75 Å². The van der Waals surface area contributed by atoms with Crippen LogP contribution in [-0.2, 0) is 0 Å². The first kappa shape index (κ1) is 12.7. The summed E-state index contributed by atoms with van der Waals surface area (Å²) in [5.74, 6) is -0.586. The molecule has 2 rings (SSSR count). The lowest BCUT2D eigenvalue weighted by molar-refractivity contribution is 0.0698. The van der Waals surface area contributed by atoms with E-state index in [1.807, 2.05) is 0 Å². The van der Waals surface area contributed by atoms with E-state index in [-0.39, 0.29) is 5.56 Å². The maximum Gasteiger partial charge on any atom is 0.337 e. The third kappa shape index (κ3) is 2.16. The van der Waals surface area contributed by atoms with Crippen molar-refractivity contribution in [3.8, 4) is 23.1 Å². The van der Waals surface area contributed by atoms with Crippen LogP contribution >= 0.6 is 0 Å². The Morgan fingerprint density at radius 3 is 2.79 bits per heavy atom. The van der Waals surface area contributed by atoms with Gasteiger partial charge in [-0.05, 0) is 25.1 Å². The van der Waals surface area contributed by atoms with E-state index in [1.54, 1.807) is 25.1 Å². The monoisotopic (exact) mass is 256 g/mol. The summed E-state index contributed by atoms with van der Waals surface area (Å²) in [7, 11) is 1.48. The Hall–Kier alpha value is -2.74. The van der Waals surface area contributed by atoms with Crippen LogP contribution < -0.4 is 4.74 Å². The fourth-order valence-electron chi connectivity index (χ4n) is 2.01. The highest BCUT2D eigenvalue weighted by Crippen LogP contribution is 2.35. The average Bonchev–Trinajstić information content (AvgIpc) is 2.79. The van der Waals surface area contributed by atoms with Gasteiger partial charge in [-0.25, -0.2) is 4.79 Å². The van der Waals surface area contributed by atoms with Crippen molar-refractivity contribution in [3.05, 3.63) is 41.1 Å². The zero-order chi connectivity index (χ0) is 14.0. The summed E-state index contributed by atoms with van der Waals surface area (Å²) >= 11 is 0. The lowest BCUT2D eigenvalue weighted by atomic mass is 10.0. The molecule has 0 fully saturated rings. The number of methoxy groups -OCH3 is 1. The van der Waals surface area contributed by atoms with Crippen LogP contribution in [-0.4, -0.2) is 23.2 Å². The van der Waals surface area contributed by atoms with Crippen LogP contribution in [0.5, 0.6) is 5.75 Å². The molecule has 0 saturated heterocycles. The number of carbonyl (C=O) groups is 1. The first-order valence-corrected chi connectivity index (χ1v) is 5.59. The Morgan fingerprint density at radius 1 is 1.47 bits per heavy atom. The van der Waals surface area contributed by atoms with E-state index in [0.29, 0.717) is 28.3 Å². The van der Waals surface area contributed by atoms with Crippen molar-refractivity contribution < 1.29 is 14.6 Å². The number of carboxylic acids is 1. The number of aromatic amines is 1. The Morgan fingerprint density at radius 2 is 2.21 bits per heavy atom. The molecule has 0 bridgehead atoms. The molecule has 0 aliphatic carbocycles. The second-order valence-electron chi connectivity index (χ2n) is 4.04. The molecule has 0 saturated carbocycles. The topological polar surface area (TPSA) is 86.1 Å². The largest absolute Gasteiger partial charge is 0.496 e. The lowest BCUT2D eigenvalue weighted by Crippen LogP contribution is -1.99. The Bertz CT molecular complexity index is 680. The molecule has 96 valence electrons. The summed E-state index contributed by atoms with van der Waals surface area (Å²) in [6.45, 7) is 1.76. The van der Waals surface area contributed by atoms with Gasteiger partial charge in [-0.15, -0.1) is 0 Å². The molecule has 0 unspecified atom stereocenters. The molecule has 0 aliphatic rings. The minimum atomic E-state index is -1.05. The molecular weight excluding hydrogens is 244 g/mol. The highest BCUT2D eigenvalue weighted by atomic mass is 16.5. The molecule has 0 amide bonds. The molecule has 0 atom stereocenters. The van der Waals surface area contributed by atoms with Crippen molar-refractivity contribution in [1.82, 2.24) is 4.98 Å². The molecule has 1 aromatic carbocycles. The van der Waals surface area contributed by atoms with Gasteiger partial charge < -0.3 is 14.8 Å². The standard InChI is InChI=1S/C14H12N2O3/c1-8-6-10(14(17)18)13(16-8)12-9(7-15)4-3-5-11(12)19-2/h3-6,16H,1-2H3,(H,17,18). The summed E-state index contributed by atoms with van der Waals surface area (Å²) in [6, 6.07) is 8.59. The van der Waals surface area contributed by atoms with Gasteiger partial charge in [-0.3, -0.25) is 0 Å². The predicted molar refractivity (Wildman–Crippen MR) is 69.2 cm³/mol. The number of H-pyrrole nitrogens is 1. The van der Waals surface area contributed by atoms with Gasteiger partial charge in [0.2, 0.25) is 0 Å². The molecule has 1 aromatic heterocycles. The minimum Gasteiger partial charge on any atom is -0.496 e. The molecule has 2 N–H and O–H groups in total. The van der Waals surface area contributed by atoms with E-state index in [4.69, 9.17) is 10.00 Å². The number of hydrogen-bond donors (Lipinski definition) is 2. The maximum absolute atomic E-state index is 11.3. The van der Waals surface area contributed by atoms with Crippen molar-refractivity contribution in [1.29, 1.82) is 5.26 Å². The van der Waals surface area contributed by atoms with Crippen LogP contribution in [0, 0.1) is 18.3 Å². The number of aromatic carboxylic acids is 1. The Kier molecular flexibility index (Phi) is 3.25. The zero-order valence-electron chi connectivity index (χ0n) is 10.5. The fourth-order valence-corrected chi connectivity index (χ4v) is 2.01. The van der Waals surface area contributed by atoms with E-state index in [1.165, 1.54) is 13.2 Å². The van der Waals surface area contributed by atoms with Gasteiger partial charge in [-0.1, -0.05) is 6.07 Å². The molecular formula is C14H12N2O3. The third-order valence-electron chi connectivity index (χ3n) is 2.80. The molecule has 5 heteroatoms. The maximum atomic E-state index is 11.3. The molecule has 0 radical (unpaired) electrons. The highest BCUT2D eigenvalue weighted by Gasteiger charge is 2.20. The number of nitriles is 1. The van der Waals surface area contributed by atoms with Crippen LogP contribution in [0.2, 0.25) is 0 Å². The summed E-state index contributed by atoms with van der Waals surface area (Å²) < 4.78 is 5.22. The average molecular weight is 256 g/mol. The summed E-state index contributed by atoms with van der Waals surface area (Å²) in [6.07, 6.45) is 0. The second kappa shape index (κ2) is 4.86. The molecule has 0 aliphatic heterocycles. The molecule has 19 heavy (non-hydrogen) atoms. The fraction of sp³-hybridized carbons (Fsp3) is 0.143. The van der Waals surface area contributed by atoms with E-state index in [0.717, 1.165) is 0 Å². The van der Waals surface area contributed by atoms with Gasteiger partial charge in [0.25, 0.3) is 0 Å². The SMILES string of the molecule is COc1cccc(C#N)c1-c1[nH]c(C)cc1C(=O)O. The third-order valence-corrected chi connectivity index (χ3v) is 2.80. The Labute approximate surface area is 110 Å². The van der Waals surface area contributed by atoms with E-state index < -0.39 is 5.97 Å². The van der Waals surface area contributed by atoms with Crippen molar-refractivity contribution in [2.24, 2.45) is 0 Å². The number of rotatable bonds is 3. The number of aromatic nitrogens is 1.